The molecule has 4 rings (SSSR count). The fourth-order valence-corrected chi connectivity index (χ4v) is 4.15. The Morgan fingerprint density at radius 2 is 1.80 bits per heavy atom. The molecule has 30 heavy (non-hydrogen) atoms. The molecule has 0 radical (unpaired) electrons. The van der Waals surface area contributed by atoms with Crippen LogP contribution in [0.2, 0.25) is 0 Å². The number of aromatic nitrogens is 2. The van der Waals surface area contributed by atoms with Crippen LogP contribution < -0.4 is 11.2 Å². The molecule has 3 N–H and O–H groups in total. The summed E-state index contributed by atoms with van der Waals surface area (Å²) in [4.78, 5) is 45.4. The van der Waals surface area contributed by atoms with E-state index in [2.05, 4.69) is 4.98 Å². The number of rotatable bonds is 4. The van der Waals surface area contributed by atoms with Gasteiger partial charge in [-0.2, -0.15) is 0 Å². The summed E-state index contributed by atoms with van der Waals surface area (Å²) in [6.45, 7) is 3.39. The van der Waals surface area contributed by atoms with Crippen LogP contribution in [0.5, 0.6) is 0 Å². The van der Waals surface area contributed by atoms with E-state index < -0.39 is 49.2 Å². The fourth-order valence-electron chi connectivity index (χ4n) is 3.76. The number of hydrogen-bond acceptors (Lipinski definition) is 6. The van der Waals surface area contributed by atoms with Crippen molar-refractivity contribution in [3.63, 3.8) is 0 Å². The summed E-state index contributed by atoms with van der Waals surface area (Å²) in [5.74, 6) is -0.260. The van der Waals surface area contributed by atoms with Gasteiger partial charge in [0.2, 0.25) is 0 Å². The Hall–Kier alpha value is -2.33. The van der Waals surface area contributed by atoms with Gasteiger partial charge in [-0.05, 0) is 25.5 Å². The van der Waals surface area contributed by atoms with Crippen LogP contribution in [-0.4, -0.2) is 43.4 Å². The lowest BCUT2D eigenvalue weighted by Crippen LogP contribution is -2.38. The summed E-state index contributed by atoms with van der Waals surface area (Å²) >= 11 is 0. The van der Waals surface area contributed by atoms with E-state index in [4.69, 9.17) is 14.2 Å². The summed E-state index contributed by atoms with van der Waals surface area (Å²) in [6, 6.07) is 10.1. The van der Waals surface area contributed by atoms with Gasteiger partial charge in [0.25, 0.3) is 5.56 Å². The predicted molar refractivity (Wildman–Crippen MR) is 106 cm³/mol. The number of hydrogen-bond donors (Lipinski definition) is 3. The van der Waals surface area contributed by atoms with Crippen molar-refractivity contribution >= 4 is 7.60 Å². The number of H-pyrrole nitrogens is 1. The first-order valence-electron chi connectivity index (χ1n) is 9.21. The van der Waals surface area contributed by atoms with Gasteiger partial charge in [0, 0.05) is 11.9 Å². The van der Waals surface area contributed by atoms with Crippen LogP contribution in [0.15, 0.2) is 57.9 Å². The van der Waals surface area contributed by atoms with Crippen molar-refractivity contribution in [2.75, 3.05) is 0 Å². The van der Waals surface area contributed by atoms with Crippen molar-refractivity contribution in [2.45, 2.75) is 44.2 Å². The highest BCUT2D eigenvalue weighted by atomic mass is 31.2. The quantitative estimate of drug-likeness (QED) is 0.610. The maximum absolute atomic E-state index is 12.8. The Morgan fingerprint density at radius 3 is 2.47 bits per heavy atom. The molecule has 0 aliphatic carbocycles. The van der Waals surface area contributed by atoms with Crippen molar-refractivity contribution < 1.29 is 28.6 Å². The molecule has 160 valence electrons. The summed E-state index contributed by atoms with van der Waals surface area (Å²) in [6.07, 6.45) is -2.13. The molecule has 3 heterocycles. The molecular formula is C19H21N2O8P. The molecule has 11 heteroatoms. The highest BCUT2D eigenvalue weighted by Gasteiger charge is 2.55. The molecule has 0 spiro atoms. The minimum atomic E-state index is -4.42. The van der Waals surface area contributed by atoms with E-state index in [0.29, 0.717) is 11.3 Å². The molecule has 2 aliphatic rings. The van der Waals surface area contributed by atoms with E-state index in [1.165, 1.54) is 16.7 Å². The number of nitrogens with zero attached hydrogens (tertiary/aromatic N) is 1. The number of nitrogens with one attached hydrogen (secondary N) is 1. The molecule has 10 nitrogen and oxygen atoms in total. The molecule has 2 aliphatic heterocycles. The molecule has 0 amide bonds. The maximum Gasteiger partial charge on any atom is 0.348 e. The first-order valence-corrected chi connectivity index (χ1v) is 10.9. The Balaban J connectivity index is 1.82. The minimum absolute atomic E-state index is 0.320. The van der Waals surface area contributed by atoms with Crippen LogP contribution in [0.1, 0.15) is 20.1 Å². The van der Waals surface area contributed by atoms with E-state index in [1.807, 2.05) is 0 Å². The largest absolute Gasteiger partial charge is 0.348 e. The van der Waals surface area contributed by atoms with Gasteiger partial charge >= 0.3 is 13.3 Å². The maximum atomic E-state index is 12.8. The Bertz CT molecular complexity index is 1130. The molecule has 0 saturated carbocycles. The summed E-state index contributed by atoms with van der Waals surface area (Å²) < 4.78 is 30.3. The zero-order valence-corrected chi connectivity index (χ0v) is 17.1. The Labute approximate surface area is 170 Å². The van der Waals surface area contributed by atoms with E-state index >= 15 is 0 Å². The van der Waals surface area contributed by atoms with Crippen molar-refractivity contribution in [3.8, 4) is 11.3 Å². The molecular weight excluding hydrogens is 415 g/mol. The van der Waals surface area contributed by atoms with Gasteiger partial charge < -0.3 is 24.0 Å². The molecule has 1 aromatic carbocycles. The van der Waals surface area contributed by atoms with Gasteiger partial charge in [-0.3, -0.25) is 18.9 Å². The van der Waals surface area contributed by atoms with Crippen molar-refractivity contribution in [1.82, 2.24) is 9.55 Å². The lowest BCUT2D eigenvalue weighted by molar-refractivity contribution is -0.191. The van der Waals surface area contributed by atoms with Crippen molar-refractivity contribution in [3.05, 3.63) is 69.1 Å². The molecule has 2 saturated heterocycles. The smallest absolute Gasteiger partial charge is 0.345 e. The molecule has 2 aromatic rings. The normalized spacial score (nSPS) is 28.1. The average molecular weight is 436 g/mol. The number of aromatic amines is 1. The van der Waals surface area contributed by atoms with Gasteiger partial charge in [-0.15, -0.1) is 0 Å². The van der Waals surface area contributed by atoms with Gasteiger partial charge in [0.05, 0.1) is 5.69 Å². The number of fused-ring (bicyclic) bond motifs is 1. The van der Waals surface area contributed by atoms with Crippen molar-refractivity contribution in [1.29, 1.82) is 0 Å². The minimum Gasteiger partial charge on any atom is -0.345 e. The lowest BCUT2D eigenvalue weighted by Gasteiger charge is -2.25. The first-order chi connectivity index (χ1) is 14.0. The third-order valence-electron chi connectivity index (χ3n) is 4.84. The zero-order valence-electron chi connectivity index (χ0n) is 16.2. The zero-order chi connectivity index (χ0) is 21.7. The van der Waals surface area contributed by atoms with Crippen LogP contribution in [0.4, 0.5) is 0 Å². The van der Waals surface area contributed by atoms with E-state index in [1.54, 1.807) is 44.2 Å². The molecule has 1 aromatic heterocycles. The highest BCUT2D eigenvalue weighted by Crippen LogP contribution is 2.45. The third-order valence-corrected chi connectivity index (χ3v) is 5.40. The number of benzene rings is 1. The lowest BCUT2D eigenvalue weighted by atomic mass is 10.1. The second-order valence-corrected chi connectivity index (χ2v) is 9.02. The molecule has 2 fully saturated rings. The topological polar surface area (TPSA) is 140 Å². The standard InChI is InChI=1S/C19H21N2O8P/c1-19(2)28-15-13(8-9-30(24,25)26)27-17(16(15)29-19)21-12(10-14(22)20-18(21)23)11-6-4-3-5-7-11/h3-10,13,15-17H,1-2H3,(H,20,22,23)(H2,24,25,26)/b9-8+/t13-,15-,16-,17-/m1/s1. The second kappa shape index (κ2) is 7.42. The molecule has 4 atom stereocenters. The van der Waals surface area contributed by atoms with Gasteiger partial charge in [-0.25, -0.2) is 4.79 Å². The van der Waals surface area contributed by atoms with Crippen molar-refractivity contribution in [2.24, 2.45) is 0 Å². The highest BCUT2D eigenvalue weighted by molar-refractivity contribution is 7.55. The summed E-state index contributed by atoms with van der Waals surface area (Å²) in [5.41, 5.74) is -0.321. The fraction of sp³-hybridized carbons (Fsp3) is 0.368. The Morgan fingerprint density at radius 1 is 1.13 bits per heavy atom. The average Bonchev–Trinajstić information content (AvgIpc) is 3.13. The van der Waals surface area contributed by atoms with E-state index in [-0.39, 0.29) is 0 Å². The first kappa shape index (κ1) is 20.9. The van der Waals surface area contributed by atoms with Crippen LogP contribution in [0.25, 0.3) is 11.3 Å². The van der Waals surface area contributed by atoms with Gasteiger partial charge in [0.15, 0.2) is 12.0 Å². The Kier molecular flexibility index (Phi) is 5.17. The SMILES string of the molecule is CC1(C)O[C@@H]2[C@H](O1)[C@@H](/C=C/P(=O)(O)O)O[C@H]2n1c(-c2ccccc2)cc(=O)[nH]c1=O. The van der Waals surface area contributed by atoms with Crippen LogP contribution in [0, 0.1) is 0 Å². The third kappa shape index (κ3) is 4.11. The second-order valence-electron chi connectivity index (χ2n) is 7.55. The summed E-state index contributed by atoms with van der Waals surface area (Å²) in [5, 5.41) is 0. The van der Waals surface area contributed by atoms with Gasteiger partial charge in [-0.1, -0.05) is 30.3 Å². The van der Waals surface area contributed by atoms with E-state index in [0.717, 1.165) is 5.82 Å². The van der Waals surface area contributed by atoms with Crippen LogP contribution >= 0.6 is 7.60 Å². The van der Waals surface area contributed by atoms with Crippen LogP contribution in [-0.2, 0) is 18.8 Å². The van der Waals surface area contributed by atoms with Crippen LogP contribution in [0.3, 0.4) is 0 Å². The monoisotopic (exact) mass is 436 g/mol. The molecule has 0 unspecified atom stereocenters. The summed E-state index contributed by atoms with van der Waals surface area (Å²) in [7, 11) is -4.42. The van der Waals surface area contributed by atoms with Gasteiger partial charge in [0.1, 0.15) is 18.3 Å². The van der Waals surface area contributed by atoms with E-state index in [9.17, 15) is 23.9 Å². The molecule has 0 bridgehead atoms. The number of ether oxygens (including phenoxy) is 3. The predicted octanol–water partition coefficient (Wildman–Crippen LogP) is 1.31.